The fourth-order valence-electron chi connectivity index (χ4n) is 2.20. The van der Waals surface area contributed by atoms with E-state index in [1.807, 2.05) is 31.5 Å². The van der Waals surface area contributed by atoms with E-state index in [2.05, 4.69) is 35.2 Å². The van der Waals surface area contributed by atoms with Gasteiger partial charge in [0.2, 0.25) is 0 Å². The Labute approximate surface area is 120 Å². The Morgan fingerprint density at radius 1 is 1.30 bits per heavy atom. The number of nitrogens with one attached hydrogen (secondary N) is 1. The van der Waals surface area contributed by atoms with Crippen molar-refractivity contribution in [3.05, 3.63) is 47.7 Å². The van der Waals surface area contributed by atoms with Crippen LogP contribution in [-0.4, -0.2) is 18.6 Å². The fourth-order valence-corrected chi connectivity index (χ4v) is 2.20. The predicted octanol–water partition coefficient (Wildman–Crippen LogP) is 3.12. The highest BCUT2D eigenvalue weighted by Crippen LogP contribution is 2.20. The van der Waals surface area contributed by atoms with Crippen LogP contribution in [0.15, 0.2) is 35.0 Å². The van der Waals surface area contributed by atoms with E-state index in [1.165, 1.54) is 5.56 Å². The van der Waals surface area contributed by atoms with Crippen LogP contribution in [0.1, 0.15) is 30.4 Å². The summed E-state index contributed by atoms with van der Waals surface area (Å²) in [7, 11) is 2.07. The largest absolute Gasteiger partial charge is 0.464 e. The molecule has 2 rings (SSSR count). The number of hydrogen-bond acceptors (Lipinski definition) is 4. The van der Waals surface area contributed by atoms with Gasteiger partial charge in [-0.3, -0.25) is 4.98 Å². The topological polar surface area (TPSA) is 41.3 Å². The van der Waals surface area contributed by atoms with Gasteiger partial charge in [-0.05, 0) is 43.7 Å². The molecule has 4 heteroatoms. The summed E-state index contributed by atoms with van der Waals surface area (Å²) < 4.78 is 5.64. The molecule has 0 bridgehead atoms. The molecule has 0 atom stereocenters. The summed E-state index contributed by atoms with van der Waals surface area (Å²) in [5.74, 6) is 1.92. The molecular formula is C16H23N3O. The molecule has 108 valence electrons. The molecule has 1 N–H and O–H groups in total. The van der Waals surface area contributed by atoms with Crippen molar-refractivity contribution < 1.29 is 4.42 Å². The molecule has 0 aliphatic rings. The Balaban J connectivity index is 2.06. The Kier molecular flexibility index (Phi) is 5.18. The van der Waals surface area contributed by atoms with Crippen LogP contribution in [0.3, 0.4) is 0 Å². The number of anilines is 1. The molecule has 0 unspecified atom stereocenters. The van der Waals surface area contributed by atoms with Crippen molar-refractivity contribution in [3.8, 4) is 0 Å². The molecule has 2 aromatic rings. The predicted molar refractivity (Wildman–Crippen MR) is 81.8 cm³/mol. The first kappa shape index (κ1) is 14.6. The number of aromatic nitrogens is 1. The second-order valence-corrected chi connectivity index (χ2v) is 5.05. The van der Waals surface area contributed by atoms with Gasteiger partial charge in [0.15, 0.2) is 0 Å². The second kappa shape index (κ2) is 7.10. The SMILES string of the molecule is CCCNCc1ccncc1N(C)Cc1ccc(C)o1. The number of furan rings is 1. The molecule has 0 amide bonds. The number of pyridine rings is 1. The van der Waals surface area contributed by atoms with Gasteiger partial charge in [0, 0.05) is 19.8 Å². The maximum atomic E-state index is 5.64. The highest BCUT2D eigenvalue weighted by molar-refractivity contribution is 5.51. The first-order valence-electron chi connectivity index (χ1n) is 7.10. The molecule has 0 aromatic carbocycles. The first-order valence-corrected chi connectivity index (χ1v) is 7.10. The third-order valence-corrected chi connectivity index (χ3v) is 3.23. The molecule has 0 spiro atoms. The summed E-state index contributed by atoms with van der Waals surface area (Å²) >= 11 is 0. The molecule has 2 aromatic heterocycles. The molecule has 0 saturated heterocycles. The molecule has 0 aliphatic heterocycles. The van der Waals surface area contributed by atoms with Crippen molar-refractivity contribution in [3.63, 3.8) is 0 Å². The summed E-state index contributed by atoms with van der Waals surface area (Å²) in [6.07, 6.45) is 4.90. The summed E-state index contributed by atoms with van der Waals surface area (Å²) in [4.78, 5) is 6.42. The van der Waals surface area contributed by atoms with Crippen molar-refractivity contribution >= 4 is 5.69 Å². The van der Waals surface area contributed by atoms with Gasteiger partial charge in [-0.2, -0.15) is 0 Å². The Hall–Kier alpha value is -1.81. The van der Waals surface area contributed by atoms with E-state index in [-0.39, 0.29) is 0 Å². The van der Waals surface area contributed by atoms with Crippen LogP contribution < -0.4 is 10.2 Å². The Bertz CT molecular complexity index is 536. The number of aryl methyl sites for hydroxylation is 1. The van der Waals surface area contributed by atoms with Crippen LogP contribution >= 0.6 is 0 Å². The van der Waals surface area contributed by atoms with Gasteiger partial charge >= 0.3 is 0 Å². The standard InChI is InChI=1S/C16H23N3O/c1-4-8-17-10-14-7-9-18-11-16(14)19(3)12-15-6-5-13(2)20-15/h5-7,9,11,17H,4,8,10,12H2,1-3H3. The van der Waals surface area contributed by atoms with Gasteiger partial charge in [0.25, 0.3) is 0 Å². The third-order valence-electron chi connectivity index (χ3n) is 3.23. The lowest BCUT2D eigenvalue weighted by Gasteiger charge is -2.21. The minimum atomic E-state index is 0.750. The average molecular weight is 273 g/mol. The maximum Gasteiger partial charge on any atom is 0.123 e. The summed E-state index contributed by atoms with van der Waals surface area (Å²) in [6, 6.07) is 6.09. The molecule has 0 aliphatic carbocycles. The van der Waals surface area contributed by atoms with Gasteiger partial charge in [-0.15, -0.1) is 0 Å². The summed E-state index contributed by atoms with van der Waals surface area (Å²) in [5.41, 5.74) is 2.41. The van der Waals surface area contributed by atoms with E-state index in [1.54, 1.807) is 0 Å². The maximum absolute atomic E-state index is 5.64. The van der Waals surface area contributed by atoms with Crippen LogP contribution in [0, 0.1) is 6.92 Å². The summed E-state index contributed by atoms with van der Waals surface area (Å²) in [6.45, 7) is 6.79. The zero-order chi connectivity index (χ0) is 14.4. The average Bonchev–Trinajstić information content (AvgIpc) is 2.85. The van der Waals surface area contributed by atoms with Crippen LogP contribution in [0.2, 0.25) is 0 Å². The highest BCUT2D eigenvalue weighted by Gasteiger charge is 2.09. The van der Waals surface area contributed by atoms with Crippen molar-refractivity contribution in [2.75, 3.05) is 18.5 Å². The lowest BCUT2D eigenvalue weighted by molar-refractivity contribution is 0.481. The molecule has 2 heterocycles. The van der Waals surface area contributed by atoms with Gasteiger partial charge < -0.3 is 14.6 Å². The van der Waals surface area contributed by atoms with Gasteiger partial charge in [0.1, 0.15) is 11.5 Å². The zero-order valence-corrected chi connectivity index (χ0v) is 12.5. The van der Waals surface area contributed by atoms with Gasteiger partial charge in [0.05, 0.1) is 18.4 Å². The van der Waals surface area contributed by atoms with E-state index < -0.39 is 0 Å². The van der Waals surface area contributed by atoms with Crippen molar-refractivity contribution in [2.24, 2.45) is 0 Å². The van der Waals surface area contributed by atoms with E-state index >= 15 is 0 Å². The third kappa shape index (κ3) is 3.84. The van der Waals surface area contributed by atoms with Crippen LogP contribution in [-0.2, 0) is 13.1 Å². The van der Waals surface area contributed by atoms with Gasteiger partial charge in [-0.1, -0.05) is 6.92 Å². The number of nitrogens with zero attached hydrogens (tertiary/aromatic N) is 2. The molecule has 4 nitrogen and oxygen atoms in total. The molecule has 0 fully saturated rings. The second-order valence-electron chi connectivity index (χ2n) is 5.05. The lowest BCUT2D eigenvalue weighted by atomic mass is 10.2. The Morgan fingerprint density at radius 3 is 2.85 bits per heavy atom. The molecule has 0 radical (unpaired) electrons. The molecular weight excluding hydrogens is 250 g/mol. The van der Waals surface area contributed by atoms with E-state index in [0.717, 1.165) is 43.3 Å². The van der Waals surface area contributed by atoms with E-state index in [9.17, 15) is 0 Å². The van der Waals surface area contributed by atoms with Crippen molar-refractivity contribution in [1.82, 2.24) is 10.3 Å². The molecule has 0 saturated carbocycles. The van der Waals surface area contributed by atoms with Crippen LogP contribution in [0.25, 0.3) is 0 Å². The minimum absolute atomic E-state index is 0.750. The summed E-state index contributed by atoms with van der Waals surface area (Å²) in [5, 5.41) is 3.44. The number of hydrogen-bond donors (Lipinski definition) is 1. The lowest BCUT2D eigenvalue weighted by Crippen LogP contribution is -2.21. The Morgan fingerprint density at radius 2 is 2.15 bits per heavy atom. The van der Waals surface area contributed by atoms with Crippen molar-refractivity contribution in [1.29, 1.82) is 0 Å². The monoisotopic (exact) mass is 273 g/mol. The zero-order valence-electron chi connectivity index (χ0n) is 12.5. The highest BCUT2D eigenvalue weighted by atomic mass is 16.3. The number of rotatable bonds is 7. The van der Waals surface area contributed by atoms with Gasteiger partial charge in [-0.25, -0.2) is 0 Å². The first-order chi connectivity index (χ1) is 9.70. The molecule has 20 heavy (non-hydrogen) atoms. The minimum Gasteiger partial charge on any atom is -0.464 e. The van der Waals surface area contributed by atoms with Crippen LogP contribution in [0.4, 0.5) is 5.69 Å². The van der Waals surface area contributed by atoms with Crippen molar-refractivity contribution in [2.45, 2.75) is 33.4 Å². The quantitative estimate of drug-likeness (QED) is 0.787. The normalized spacial score (nSPS) is 10.8. The fraction of sp³-hybridized carbons (Fsp3) is 0.438. The van der Waals surface area contributed by atoms with Crippen LogP contribution in [0.5, 0.6) is 0 Å². The van der Waals surface area contributed by atoms with E-state index in [4.69, 9.17) is 4.42 Å². The smallest absolute Gasteiger partial charge is 0.123 e. The van der Waals surface area contributed by atoms with E-state index in [0.29, 0.717) is 0 Å².